The zero-order chi connectivity index (χ0) is 15.6. The number of hydrogen-bond acceptors (Lipinski definition) is 5. The first-order valence-electron chi connectivity index (χ1n) is 6.31. The van der Waals surface area contributed by atoms with E-state index in [0.29, 0.717) is 5.52 Å². The van der Waals surface area contributed by atoms with Gasteiger partial charge in [0.1, 0.15) is 11.0 Å². The van der Waals surface area contributed by atoms with Crippen LogP contribution in [0.2, 0.25) is 5.02 Å². The second-order valence-corrected chi connectivity index (χ2v) is 5.79. The highest BCUT2D eigenvalue weighted by molar-refractivity contribution is 6.35. The maximum Gasteiger partial charge on any atom is 0.408 e. The first kappa shape index (κ1) is 15.3. The number of rotatable bonds is 2. The summed E-state index contributed by atoms with van der Waals surface area (Å²) in [7, 11) is 0. The van der Waals surface area contributed by atoms with Crippen LogP contribution in [-0.4, -0.2) is 16.7 Å². The molecule has 0 saturated carbocycles. The van der Waals surface area contributed by atoms with E-state index in [4.69, 9.17) is 20.8 Å². The average molecular weight is 311 g/mol. The van der Waals surface area contributed by atoms with E-state index in [2.05, 4.69) is 10.3 Å². The number of amides is 1. The molecule has 6 nitrogen and oxygen atoms in total. The van der Waals surface area contributed by atoms with Crippen LogP contribution in [0.4, 0.5) is 4.79 Å². The molecule has 0 atom stereocenters. The molecule has 112 valence electrons. The van der Waals surface area contributed by atoms with E-state index in [9.17, 15) is 9.59 Å². The smallest absolute Gasteiger partial charge is 0.408 e. The minimum absolute atomic E-state index is 0.0490. The molecule has 1 aromatic carbocycles. The van der Waals surface area contributed by atoms with Gasteiger partial charge in [0.2, 0.25) is 5.89 Å². The minimum atomic E-state index is -0.613. The van der Waals surface area contributed by atoms with Crippen molar-refractivity contribution in [3.05, 3.63) is 39.5 Å². The molecule has 0 spiro atoms. The van der Waals surface area contributed by atoms with Crippen molar-refractivity contribution >= 4 is 28.6 Å². The zero-order valence-electron chi connectivity index (χ0n) is 11.9. The Labute approximate surface area is 126 Å². The summed E-state index contributed by atoms with van der Waals surface area (Å²) in [5, 5.41) is 2.97. The second-order valence-electron chi connectivity index (χ2n) is 5.38. The van der Waals surface area contributed by atoms with Crippen LogP contribution < -0.4 is 10.9 Å². The van der Waals surface area contributed by atoms with E-state index in [1.54, 1.807) is 39.0 Å². The van der Waals surface area contributed by atoms with E-state index in [1.165, 1.54) is 0 Å². The standard InChI is InChI=1S/C14H15ClN2O4/c1-14(2,3)21-13(19)16-7-10-17-9-6-4-5-8(15)11(9)12(18)20-10/h4-6H,7H2,1-3H3,(H,16,19). The summed E-state index contributed by atoms with van der Waals surface area (Å²) in [6, 6.07) is 4.92. The average Bonchev–Trinajstić information content (AvgIpc) is 2.34. The van der Waals surface area contributed by atoms with Gasteiger partial charge in [-0.1, -0.05) is 17.7 Å². The number of hydrogen-bond donors (Lipinski definition) is 1. The van der Waals surface area contributed by atoms with Gasteiger partial charge in [-0.3, -0.25) is 0 Å². The van der Waals surface area contributed by atoms with E-state index in [1.807, 2.05) is 0 Å². The van der Waals surface area contributed by atoms with Crippen LogP contribution in [0.1, 0.15) is 26.7 Å². The summed E-state index contributed by atoms with van der Waals surface area (Å²) in [6.45, 7) is 5.21. The quantitative estimate of drug-likeness (QED) is 0.922. The third-order valence-electron chi connectivity index (χ3n) is 2.43. The highest BCUT2D eigenvalue weighted by Gasteiger charge is 2.16. The Morgan fingerprint density at radius 2 is 2.14 bits per heavy atom. The molecular formula is C14H15ClN2O4. The Bertz CT molecular complexity index is 734. The highest BCUT2D eigenvalue weighted by Crippen LogP contribution is 2.18. The molecule has 0 radical (unpaired) electrons. The Kier molecular flexibility index (Phi) is 4.18. The molecule has 0 unspecified atom stereocenters. The van der Waals surface area contributed by atoms with E-state index >= 15 is 0 Å². The van der Waals surface area contributed by atoms with Gasteiger partial charge in [-0.2, -0.15) is 0 Å². The van der Waals surface area contributed by atoms with Crippen LogP contribution in [0.15, 0.2) is 27.4 Å². The number of carbonyl (C=O) groups is 1. The molecule has 0 bridgehead atoms. The van der Waals surface area contributed by atoms with Crippen molar-refractivity contribution in [3.63, 3.8) is 0 Å². The molecule has 2 rings (SSSR count). The Balaban J connectivity index is 2.17. The number of ether oxygens (including phenoxy) is 1. The molecule has 0 saturated heterocycles. The molecule has 1 amide bonds. The monoisotopic (exact) mass is 310 g/mol. The number of nitrogens with one attached hydrogen (secondary N) is 1. The number of benzene rings is 1. The molecule has 2 aromatic rings. The lowest BCUT2D eigenvalue weighted by molar-refractivity contribution is 0.0518. The normalized spacial score (nSPS) is 11.4. The fourth-order valence-corrected chi connectivity index (χ4v) is 1.91. The lowest BCUT2D eigenvalue weighted by atomic mass is 10.2. The molecular weight excluding hydrogens is 296 g/mol. The molecule has 7 heteroatoms. The van der Waals surface area contributed by atoms with E-state index in [0.717, 1.165) is 0 Å². The lowest BCUT2D eigenvalue weighted by Gasteiger charge is -2.19. The predicted molar refractivity (Wildman–Crippen MR) is 78.4 cm³/mol. The number of halogens is 1. The topological polar surface area (TPSA) is 81.4 Å². The predicted octanol–water partition coefficient (Wildman–Crippen LogP) is 2.87. The Hall–Kier alpha value is -2.08. The van der Waals surface area contributed by atoms with Crippen LogP contribution >= 0.6 is 11.6 Å². The number of aromatic nitrogens is 1. The summed E-state index contributed by atoms with van der Waals surface area (Å²) in [5.74, 6) is 0.0839. The summed E-state index contributed by atoms with van der Waals surface area (Å²) < 4.78 is 10.1. The van der Waals surface area contributed by atoms with Gasteiger partial charge in [-0.15, -0.1) is 0 Å². The summed E-state index contributed by atoms with van der Waals surface area (Å²) in [4.78, 5) is 27.5. The third-order valence-corrected chi connectivity index (χ3v) is 2.75. The van der Waals surface area contributed by atoms with Gasteiger partial charge >= 0.3 is 11.7 Å². The van der Waals surface area contributed by atoms with Crippen molar-refractivity contribution in [2.75, 3.05) is 0 Å². The molecule has 0 fully saturated rings. The summed E-state index contributed by atoms with van der Waals surface area (Å²) >= 11 is 5.93. The molecule has 0 aliphatic carbocycles. The molecule has 1 aromatic heterocycles. The van der Waals surface area contributed by atoms with Crippen LogP contribution in [0.3, 0.4) is 0 Å². The van der Waals surface area contributed by atoms with Crippen LogP contribution in [0, 0.1) is 0 Å². The van der Waals surface area contributed by atoms with Gasteiger partial charge in [0.25, 0.3) is 0 Å². The lowest BCUT2D eigenvalue weighted by Crippen LogP contribution is -2.32. The third kappa shape index (κ3) is 3.95. The van der Waals surface area contributed by atoms with Crippen molar-refractivity contribution in [1.82, 2.24) is 10.3 Å². The van der Waals surface area contributed by atoms with Crippen LogP contribution in [0.5, 0.6) is 0 Å². The maximum absolute atomic E-state index is 11.9. The fraction of sp³-hybridized carbons (Fsp3) is 0.357. The fourth-order valence-electron chi connectivity index (χ4n) is 1.66. The van der Waals surface area contributed by atoms with Crippen LogP contribution in [-0.2, 0) is 11.3 Å². The van der Waals surface area contributed by atoms with E-state index < -0.39 is 17.3 Å². The number of alkyl carbamates (subject to hydrolysis) is 1. The first-order valence-corrected chi connectivity index (χ1v) is 6.69. The summed E-state index contributed by atoms with van der Waals surface area (Å²) in [6.07, 6.45) is -0.613. The Morgan fingerprint density at radius 3 is 2.81 bits per heavy atom. The largest absolute Gasteiger partial charge is 0.444 e. The Morgan fingerprint density at radius 1 is 1.43 bits per heavy atom. The molecule has 1 heterocycles. The maximum atomic E-state index is 11.9. The van der Waals surface area contributed by atoms with Crippen molar-refractivity contribution < 1.29 is 13.9 Å². The van der Waals surface area contributed by atoms with Crippen LogP contribution in [0.25, 0.3) is 10.9 Å². The molecule has 21 heavy (non-hydrogen) atoms. The number of carbonyl (C=O) groups excluding carboxylic acids is 1. The second kappa shape index (κ2) is 5.73. The van der Waals surface area contributed by atoms with Gasteiger partial charge in [-0.25, -0.2) is 14.6 Å². The molecule has 0 aliphatic heterocycles. The first-order chi connectivity index (χ1) is 9.76. The number of nitrogens with zero attached hydrogens (tertiary/aromatic N) is 1. The van der Waals surface area contributed by atoms with Crippen molar-refractivity contribution in [1.29, 1.82) is 0 Å². The van der Waals surface area contributed by atoms with Gasteiger partial charge < -0.3 is 14.5 Å². The zero-order valence-corrected chi connectivity index (χ0v) is 12.7. The molecule has 1 N–H and O–H groups in total. The van der Waals surface area contributed by atoms with Gasteiger partial charge in [0.15, 0.2) is 0 Å². The van der Waals surface area contributed by atoms with Crippen molar-refractivity contribution in [3.8, 4) is 0 Å². The highest BCUT2D eigenvalue weighted by atomic mass is 35.5. The SMILES string of the molecule is CC(C)(C)OC(=O)NCc1nc2cccc(Cl)c2c(=O)o1. The summed E-state index contributed by atoms with van der Waals surface area (Å²) in [5.41, 5.74) is -0.777. The van der Waals surface area contributed by atoms with Crippen molar-refractivity contribution in [2.24, 2.45) is 0 Å². The molecule has 0 aliphatic rings. The van der Waals surface area contributed by atoms with E-state index in [-0.39, 0.29) is 22.8 Å². The number of fused-ring (bicyclic) bond motifs is 1. The van der Waals surface area contributed by atoms with Gasteiger partial charge in [0, 0.05) is 0 Å². The van der Waals surface area contributed by atoms with Gasteiger partial charge in [-0.05, 0) is 32.9 Å². The minimum Gasteiger partial charge on any atom is -0.444 e. The van der Waals surface area contributed by atoms with Gasteiger partial charge in [0.05, 0.1) is 17.1 Å². The van der Waals surface area contributed by atoms with Crippen molar-refractivity contribution in [2.45, 2.75) is 32.9 Å².